The highest BCUT2D eigenvalue weighted by atomic mass is 16.2. The molecule has 1 aliphatic heterocycles. The summed E-state index contributed by atoms with van der Waals surface area (Å²) in [6.07, 6.45) is 0. The van der Waals surface area contributed by atoms with E-state index >= 15 is 0 Å². The molecular weight excluding hydrogens is 238 g/mol. The number of urea groups is 1. The lowest BCUT2D eigenvalue weighted by Crippen LogP contribution is -2.40. The van der Waals surface area contributed by atoms with Gasteiger partial charge in [-0.1, -0.05) is 23.8 Å². The first kappa shape index (κ1) is 13.9. The number of nitrogens with two attached hydrogens (primary N) is 1. The normalized spacial score (nSPS) is 21.1. The van der Waals surface area contributed by atoms with Gasteiger partial charge in [0.1, 0.15) is 0 Å². The molecule has 1 aromatic carbocycles. The molecule has 4 heteroatoms. The van der Waals surface area contributed by atoms with Gasteiger partial charge >= 0.3 is 6.03 Å². The Balaban J connectivity index is 2.29. The van der Waals surface area contributed by atoms with Crippen molar-refractivity contribution in [2.24, 2.45) is 5.73 Å². The Morgan fingerprint density at radius 1 is 1.42 bits per heavy atom. The Bertz CT molecular complexity index is 486. The molecule has 0 aromatic heterocycles. The maximum Gasteiger partial charge on any atom is 0.320 e. The molecule has 0 spiro atoms. The second-order valence-electron chi connectivity index (χ2n) is 5.51. The number of hydrogen-bond acceptors (Lipinski definition) is 2. The molecule has 2 atom stereocenters. The summed E-state index contributed by atoms with van der Waals surface area (Å²) in [5.74, 6) is 0. The van der Waals surface area contributed by atoms with Crippen LogP contribution in [0.4, 0.5) is 4.79 Å². The highest BCUT2D eigenvalue weighted by molar-refractivity contribution is 5.77. The van der Waals surface area contributed by atoms with Crippen LogP contribution in [-0.4, -0.2) is 42.0 Å². The smallest absolute Gasteiger partial charge is 0.320 e. The number of carbonyl (C=O) groups excluding carboxylic acids is 1. The Hall–Kier alpha value is -1.55. The number of carbonyl (C=O) groups is 1. The zero-order valence-corrected chi connectivity index (χ0v) is 12.2. The lowest BCUT2D eigenvalue weighted by atomic mass is 9.99. The molecule has 1 aromatic rings. The van der Waals surface area contributed by atoms with Crippen molar-refractivity contribution in [2.75, 3.05) is 20.1 Å². The minimum absolute atomic E-state index is 0.0722. The van der Waals surface area contributed by atoms with E-state index in [-0.39, 0.29) is 18.1 Å². The van der Waals surface area contributed by atoms with Crippen LogP contribution in [0.3, 0.4) is 0 Å². The van der Waals surface area contributed by atoms with Gasteiger partial charge in [-0.25, -0.2) is 4.79 Å². The molecule has 1 heterocycles. The van der Waals surface area contributed by atoms with Crippen LogP contribution in [0.25, 0.3) is 0 Å². The summed E-state index contributed by atoms with van der Waals surface area (Å²) in [6, 6.07) is 6.70. The molecule has 0 bridgehead atoms. The lowest BCUT2D eigenvalue weighted by Gasteiger charge is -2.21. The topological polar surface area (TPSA) is 49.6 Å². The summed E-state index contributed by atoms with van der Waals surface area (Å²) in [7, 11) is 1.87. The Morgan fingerprint density at radius 2 is 2.11 bits per heavy atom. The van der Waals surface area contributed by atoms with Crippen molar-refractivity contribution >= 4 is 6.03 Å². The molecule has 0 saturated carbocycles. The first-order chi connectivity index (χ1) is 8.95. The number of rotatable bonds is 3. The zero-order valence-electron chi connectivity index (χ0n) is 12.2. The van der Waals surface area contributed by atoms with Crippen molar-refractivity contribution in [1.82, 2.24) is 9.80 Å². The van der Waals surface area contributed by atoms with Crippen molar-refractivity contribution in [3.63, 3.8) is 0 Å². The van der Waals surface area contributed by atoms with Crippen LogP contribution in [0.2, 0.25) is 0 Å². The largest absolute Gasteiger partial charge is 0.328 e. The highest BCUT2D eigenvalue weighted by Crippen LogP contribution is 2.31. The Morgan fingerprint density at radius 3 is 2.68 bits per heavy atom. The number of benzene rings is 1. The third-order valence-electron chi connectivity index (χ3n) is 4.04. The van der Waals surface area contributed by atoms with Gasteiger partial charge in [-0.2, -0.15) is 0 Å². The second kappa shape index (κ2) is 5.21. The lowest BCUT2D eigenvalue weighted by molar-refractivity contribution is 0.185. The molecule has 1 fully saturated rings. The van der Waals surface area contributed by atoms with Gasteiger partial charge in [0.05, 0.1) is 6.04 Å². The monoisotopic (exact) mass is 261 g/mol. The number of likely N-dealkylation sites (N-methyl/N-ethyl adjacent to an activating group) is 1. The van der Waals surface area contributed by atoms with Crippen LogP contribution in [0.15, 0.2) is 18.2 Å². The van der Waals surface area contributed by atoms with E-state index < -0.39 is 0 Å². The molecule has 19 heavy (non-hydrogen) atoms. The van der Waals surface area contributed by atoms with E-state index in [1.54, 1.807) is 0 Å². The van der Waals surface area contributed by atoms with Gasteiger partial charge in [0.15, 0.2) is 0 Å². The van der Waals surface area contributed by atoms with Gasteiger partial charge < -0.3 is 15.5 Å². The van der Waals surface area contributed by atoms with Crippen LogP contribution in [0.5, 0.6) is 0 Å². The quantitative estimate of drug-likeness (QED) is 0.905. The summed E-state index contributed by atoms with van der Waals surface area (Å²) in [4.78, 5) is 16.0. The molecular formula is C15H23N3O. The number of amides is 2. The van der Waals surface area contributed by atoms with Gasteiger partial charge in [-0.15, -0.1) is 0 Å². The van der Waals surface area contributed by atoms with Crippen molar-refractivity contribution in [1.29, 1.82) is 0 Å². The maximum atomic E-state index is 12.3. The van der Waals surface area contributed by atoms with E-state index in [2.05, 4.69) is 32.0 Å². The van der Waals surface area contributed by atoms with Crippen molar-refractivity contribution in [3.8, 4) is 0 Å². The van der Waals surface area contributed by atoms with Crippen molar-refractivity contribution < 1.29 is 4.79 Å². The molecule has 2 N–H and O–H groups in total. The highest BCUT2D eigenvalue weighted by Gasteiger charge is 2.37. The van der Waals surface area contributed by atoms with Crippen LogP contribution in [0, 0.1) is 13.8 Å². The van der Waals surface area contributed by atoms with E-state index in [0.717, 1.165) is 6.54 Å². The maximum absolute atomic E-state index is 12.3. The van der Waals surface area contributed by atoms with Gasteiger partial charge in [0, 0.05) is 26.2 Å². The summed E-state index contributed by atoms with van der Waals surface area (Å²) in [6.45, 7) is 7.41. The molecule has 2 amide bonds. The van der Waals surface area contributed by atoms with Gasteiger partial charge in [0.2, 0.25) is 0 Å². The van der Waals surface area contributed by atoms with E-state index in [1.165, 1.54) is 16.7 Å². The Kier molecular flexibility index (Phi) is 3.80. The minimum Gasteiger partial charge on any atom is -0.328 e. The number of nitrogens with zero attached hydrogens (tertiary/aromatic N) is 2. The number of hydrogen-bond donors (Lipinski definition) is 1. The fraction of sp³-hybridized carbons (Fsp3) is 0.533. The third kappa shape index (κ3) is 2.45. The van der Waals surface area contributed by atoms with Crippen LogP contribution < -0.4 is 5.73 Å². The predicted octanol–water partition coefficient (Wildman–Crippen LogP) is 2.06. The summed E-state index contributed by atoms with van der Waals surface area (Å²) >= 11 is 0. The third-order valence-corrected chi connectivity index (χ3v) is 4.04. The SMILES string of the molecule is Cc1ccc(C2CN(C(C)CN)C(=O)N2C)c(C)c1. The standard InChI is InChI=1S/C15H23N3O/c1-10-5-6-13(11(2)7-10)14-9-18(12(3)8-16)15(19)17(14)4/h5-7,12,14H,8-9,16H2,1-4H3. The molecule has 104 valence electrons. The summed E-state index contributed by atoms with van der Waals surface area (Å²) in [5, 5.41) is 0. The fourth-order valence-electron chi connectivity index (χ4n) is 2.72. The molecule has 4 nitrogen and oxygen atoms in total. The second-order valence-corrected chi connectivity index (χ2v) is 5.51. The Labute approximate surface area is 115 Å². The van der Waals surface area contributed by atoms with E-state index in [0.29, 0.717) is 6.54 Å². The average Bonchev–Trinajstić information content (AvgIpc) is 2.66. The average molecular weight is 261 g/mol. The van der Waals surface area contributed by atoms with Gasteiger partial charge in [-0.3, -0.25) is 0 Å². The van der Waals surface area contributed by atoms with Crippen molar-refractivity contribution in [3.05, 3.63) is 34.9 Å². The summed E-state index contributed by atoms with van der Waals surface area (Å²) in [5.41, 5.74) is 9.40. The molecule has 1 saturated heterocycles. The minimum atomic E-state index is 0.0722. The molecule has 2 unspecified atom stereocenters. The van der Waals surface area contributed by atoms with Gasteiger partial charge in [-0.05, 0) is 31.9 Å². The molecule has 2 rings (SSSR count). The molecule has 0 radical (unpaired) electrons. The fourth-order valence-corrected chi connectivity index (χ4v) is 2.72. The first-order valence-corrected chi connectivity index (χ1v) is 6.76. The van der Waals surface area contributed by atoms with E-state index in [4.69, 9.17) is 5.73 Å². The molecule has 1 aliphatic rings. The van der Waals surface area contributed by atoms with Gasteiger partial charge in [0.25, 0.3) is 0 Å². The van der Waals surface area contributed by atoms with E-state index in [9.17, 15) is 4.79 Å². The van der Waals surface area contributed by atoms with Crippen LogP contribution in [0.1, 0.15) is 29.7 Å². The van der Waals surface area contributed by atoms with Crippen LogP contribution in [-0.2, 0) is 0 Å². The molecule has 0 aliphatic carbocycles. The van der Waals surface area contributed by atoms with E-state index in [1.807, 2.05) is 23.8 Å². The summed E-state index contributed by atoms with van der Waals surface area (Å²) < 4.78 is 0. The first-order valence-electron chi connectivity index (χ1n) is 6.76. The van der Waals surface area contributed by atoms with Crippen molar-refractivity contribution in [2.45, 2.75) is 32.9 Å². The van der Waals surface area contributed by atoms with Crippen LogP contribution >= 0.6 is 0 Å². The predicted molar refractivity (Wildman–Crippen MR) is 77.0 cm³/mol. The number of aryl methyl sites for hydroxylation is 2. The zero-order chi connectivity index (χ0) is 14.2.